The van der Waals surface area contributed by atoms with Crippen molar-refractivity contribution in [2.45, 2.75) is 6.18 Å². The summed E-state index contributed by atoms with van der Waals surface area (Å²) in [7, 11) is 0. The van der Waals surface area contributed by atoms with Gasteiger partial charge in [0, 0.05) is 11.3 Å². The highest BCUT2D eigenvalue weighted by molar-refractivity contribution is 6.02. The van der Waals surface area contributed by atoms with E-state index < -0.39 is 23.7 Å². The lowest BCUT2D eigenvalue weighted by atomic mass is 10.00. The number of aromatic amines is 1. The third-order valence-electron chi connectivity index (χ3n) is 4.77. The van der Waals surface area contributed by atoms with Crippen LogP contribution in [0.3, 0.4) is 0 Å². The van der Waals surface area contributed by atoms with E-state index in [1.165, 1.54) is 24.3 Å². The molecule has 1 aromatic heterocycles. The minimum absolute atomic E-state index is 0.0384. The number of carbonyl (C=O) groups is 2. The van der Waals surface area contributed by atoms with Crippen LogP contribution in [0.5, 0.6) is 0 Å². The molecule has 0 unspecified atom stereocenters. The van der Waals surface area contributed by atoms with Crippen LogP contribution in [0, 0.1) is 0 Å². The van der Waals surface area contributed by atoms with E-state index in [9.17, 15) is 22.8 Å². The number of halogens is 3. The molecule has 0 atom stereocenters. The van der Waals surface area contributed by atoms with E-state index in [4.69, 9.17) is 5.11 Å². The van der Waals surface area contributed by atoms with E-state index in [0.717, 1.165) is 12.1 Å². The van der Waals surface area contributed by atoms with Crippen molar-refractivity contribution >= 4 is 23.4 Å². The number of carbonyl (C=O) groups excluding carboxylic acids is 1. The number of carboxylic acids is 1. The summed E-state index contributed by atoms with van der Waals surface area (Å²) >= 11 is 0. The number of tetrazole rings is 1. The van der Waals surface area contributed by atoms with Crippen molar-refractivity contribution in [3.63, 3.8) is 0 Å². The predicted molar refractivity (Wildman–Crippen MR) is 116 cm³/mol. The molecule has 0 aliphatic heterocycles. The Morgan fingerprint density at radius 1 is 0.912 bits per heavy atom. The predicted octanol–water partition coefficient (Wildman–Crippen LogP) is 4.89. The summed E-state index contributed by atoms with van der Waals surface area (Å²) in [4.78, 5) is 23.6. The van der Waals surface area contributed by atoms with Crippen LogP contribution in [0.4, 0.5) is 29.3 Å². The van der Waals surface area contributed by atoms with Crippen LogP contribution in [0.2, 0.25) is 0 Å². The number of urea groups is 1. The number of amides is 2. The van der Waals surface area contributed by atoms with Crippen LogP contribution >= 0.6 is 0 Å². The van der Waals surface area contributed by atoms with Crippen molar-refractivity contribution in [3.8, 4) is 22.5 Å². The number of benzene rings is 3. The van der Waals surface area contributed by atoms with Crippen molar-refractivity contribution in [1.29, 1.82) is 0 Å². The standard InChI is InChI=1S/C22H15F3N6O3/c23-22(24,25)15-2-1-3-16(11-15)26-21(34)27-18-9-8-14(10-17(18)19-28-30-31-29-19)12-4-6-13(7-5-12)20(32)33/h1-11H,(H,32,33)(H2,26,27,34)(H,28,29,30,31). The van der Waals surface area contributed by atoms with E-state index in [1.807, 2.05) is 0 Å². The quantitative estimate of drug-likeness (QED) is 0.330. The van der Waals surface area contributed by atoms with E-state index in [1.54, 1.807) is 30.3 Å². The molecule has 12 heteroatoms. The molecular weight excluding hydrogens is 453 g/mol. The van der Waals surface area contributed by atoms with Crippen molar-refractivity contribution in [2.24, 2.45) is 0 Å². The molecule has 9 nitrogen and oxygen atoms in total. The molecule has 0 saturated heterocycles. The van der Waals surface area contributed by atoms with Gasteiger partial charge in [-0.25, -0.2) is 9.59 Å². The van der Waals surface area contributed by atoms with Crippen molar-refractivity contribution < 1.29 is 27.9 Å². The van der Waals surface area contributed by atoms with Gasteiger partial charge in [0.05, 0.1) is 16.8 Å². The van der Waals surface area contributed by atoms with Gasteiger partial charge in [-0.3, -0.25) is 0 Å². The first kappa shape index (κ1) is 22.5. The second-order valence-corrected chi connectivity index (χ2v) is 7.04. The summed E-state index contributed by atoms with van der Waals surface area (Å²) < 4.78 is 38.8. The molecule has 4 aromatic rings. The number of hydrogen-bond acceptors (Lipinski definition) is 5. The van der Waals surface area contributed by atoms with Crippen LogP contribution in [-0.2, 0) is 6.18 Å². The Labute approximate surface area is 189 Å². The van der Waals surface area contributed by atoms with Crippen molar-refractivity contribution in [3.05, 3.63) is 77.9 Å². The highest BCUT2D eigenvalue weighted by atomic mass is 19.4. The van der Waals surface area contributed by atoms with Crippen LogP contribution in [-0.4, -0.2) is 37.7 Å². The Bertz CT molecular complexity index is 1340. The number of rotatable bonds is 5. The molecule has 3 aromatic carbocycles. The highest BCUT2D eigenvalue weighted by Gasteiger charge is 2.30. The first-order chi connectivity index (χ1) is 16.2. The minimum Gasteiger partial charge on any atom is -0.478 e. The monoisotopic (exact) mass is 468 g/mol. The van der Waals surface area contributed by atoms with E-state index >= 15 is 0 Å². The molecule has 0 fully saturated rings. The lowest BCUT2D eigenvalue weighted by molar-refractivity contribution is -0.137. The second kappa shape index (κ2) is 9.02. The smallest absolute Gasteiger partial charge is 0.416 e. The average Bonchev–Trinajstić information content (AvgIpc) is 3.34. The maximum absolute atomic E-state index is 12.9. The van der Waals surface area contributed by atoms with E-state index in [2.05, 4.69) is 31.3 Å². The van der Waals surface area contributed by atoms with Gasteiger partial charge in [-0.05, 0) is 58.8 Å². The Morgan fingerprint density at radius 2 is 1.65 bits per heavy atom. The number of nitrogens with zero attached hydrogens (tertiary/aromatic N) is 3. The first-order valence-electron chi connectivity index (χ1n) is 9.67. The number of aromatic carboxylic acids is 1. The topological polar surface area (TPSA) is 133 Å². The number of alkyl halides is 3. The van der Waals surface area contributed by atoms with Gasteiger partial charge >= 0.3 is 18.2 Å². The van der Waals surface area contributed by atoms with Gasteiger partial charge in [0.1, 0.15) is 0 Å². The van der Waals surface area contributed by atoms with Gasteiger partial charge < -0.3 is 15.7 Å². The normalized spacial score (nSPS) is 11.1. The Kier molecular flexibility index (Phi) is 5.95. The van der Waals surface area contributed by atoms with Gasteiger partial charge in [-0.1, -0.05) is 24.3 Å². The number of carboxylic acid groups (broad SMARTS) is 1. The summed E-state index contributed by atoms with van der Waals surface area (Å²) in [5.74, 6) is -0.885. The fourth-order valence-electron chi connectivity index (χ4n) is 3.16. The third-order valence-corrected chi connectivity index (χ3v) is 4.77. The lowest BCUT2D eigenvalue weighted by Crippen LogP contribution is -2.20. The summed E-state index contributed by atoms with van der Waals surface area (Å²) in [5.41, 5.74) is 1.24. The largest absolute Gasteiger partial charge is 0.478 e. The minimum atomic E-state index is -4.54. The first-order valence-corrected chi connectivity index (χ1v) is 9.67. The second-order valence-electron chi connectivity index (χ2n) is 7.04. The molecule has 4 N–H and O–H groups in total. The molecular formula is C22H15F3N6O3. The summed E-state index contributed by atoms with van der Waals surface area (Å²) in [6.07, 6.45) is -4.54. The van der Waals surface area contributed by atoms with Crippen LogP contribution < -0.4 is 10.6 Å². The highest BCUT2D eigenvalue weighted by Crippen LogP contribution is 2.32. The summed E-state index contributed by atoms with van der Waals surface area (Å²) in [6.45, 7) is 0. The fourth-order valence-corrected chi connectivity index (χ4v) is 3.16. The molecule has 1 heterocycles. The Balaban J connectivity index is 1.60. The third kappa shape index (κ3) is 5.01. The number of H-pyrrole nitrogens is 1. The SMILES string of the molecule is O=C(Nc1cccc(C(F)(F)F)c1)Nc1ccc(-c2ccc(C(=O)O)cc2)cc1-c1nn[nH]n1. The molecule has 0 aliphatic carbocycles. The van der Waals surface area contributed by atoms with Crippen molar-refractivity contribution in [2.75, 3.05) is 10.6 Å². The average molecular weight is 468 g/mol. The molecule has 0 aliphatic rings. The molecule has 172 valence electrons. The van der Waals surface area contributed by atoms with Gasteiger partial charge in [0.15, 0.2) is 0 Å². The Morgan fingerprint density at radius 3 is 2.29 bits per heavy atom. The number of hydrogen-bond donors (Lipinski definition) is 4. The zero-order chi connectivity index (χ0) is 24.3. The number of nitrogens with one attached hydrogen (secondary N) is 3. The number of anilines is 2. The van der Waals surface area contributed by atoms with Gasteiger partial charge in [0.25, 0.3) is 0 Å². The van der Waals surface area contributed by atoms with Crippen molar-refractivity contribution in [1.82, 2.24) is 20.6 Å². The summed E-state index contributed by atoms with van der Waals surface area (Å²) in [5, 5.41) is 27.7. The molecule has 0 saturated carbocycles. The van der Waals surface area contributed by atoms with Gasteiger partial charge in [-0.15, -0.1) is 10.2 Å². The molecule has 4 rings (SSSR count). The molecule has 0 bridgehead atoms. The van der Waals surface area contributed by atoms with Crippen LogP contribution in [0.15, 0.2) is 66.7 Å². The Hall–Kier alpha value is -4.74. The fraction of sp³-hybridized carbons (Fsp3) is 0.0455. The summed E-state index contributed by atoms with van der Waals surface area (Å²) in [6, 6.07) is 14.6. The zero-order valence-corrected chi connectivity index (χ0v) is 17.1. The zero-order valence-electron chi connectivity index (χ0n) is 17.1. The maximum atomic E-state index is 12.9. The number of aromatic nitrogens is 4. The van der Waals surface area contributed by atoms with Crippen LogP contribution in [0.1, 0.15) is 15.9 Å². The molecule has 0 spiro atoms. The molecule has 2 amide bonds. The molecule has 34 heavy (non-hydrogen) atoms. The van der Waals surface area contributed by atoms with Crippen LogP contribution in [0.25, 0.3) is 22.5 Å². The van der Waals surface area contributed by atoms with Gasteiger partial charge in [0.2, 0.25) is 5.82 Å². The maximum Gasteiger partial charge on any atom is 0.416 e. The van der Waals surface area contributed by atoms with Gasteiger partial charge in [-0.2, -0.15) is 18.4 Å². The van der Waals surface area contributed by atoms with E-state index in [0.29, 0.717) is 16.7 Å². The lowest BCUT2D eigenvalue weighted by Gasteiger charge is -2.13. The molecule has 0 radical (unpaired) electrons. The van der Waals surface area contributed by atoms with E-state index in [-0.39, 0.29) is 22.8 Å².